The predicted molar refractivity (Wildman–Crippen MR) is 74.7 cm³/mol. The summed E-state index contributed by atoms with van der Waals surface area (Å²) in [5, 5.41) is 10.5. The molecule has 0 bridgehead atoms. The minimum atomic E-state index is 0.501. The zero-order valence-electron chi connectivity index (χ0n) is 10.9. The quantitative estimate of drug-likeness (QED) is 0.884. The standard InChI is InChI=1S/C15H19N3O/c1-2-14(11-19-9-1)16-10-12-3-5-13(6-4-12)15-7-8-17-18-15/h3-8,14,16H,1-2,9-11H2,(H,17,18). The Morgan fingerprint density at radius 2 is 2.16 bits per heavy atom. The van der Waals surface area contributed by atoms with Crippen molar-refractivity contribution in [2.75, 3.05) is 13.2 Å². The summed E-state index contributed by atoms with van der Waals surface area (Å²) >= 11 is 0. The van der Waals surface area contributed by atoms with Gasteiger partial charge in [0, 0.05) is 25.4 Å². The van der Waals surface area contributed by atoms with Crippen LogP contribution < -0.4 is 5.32 Å². The first-order valence-corrected chi connectivity index (χ1v) is 6.81. The van der Waals surface area contributed by atoms with Gasteiger partial charge in [0.2, 0.25) is 0 Å². The number of aromatic amines is 1. The fourth-order valence-electron chi connectivity index (χ4n) is 2.38. The fourth-order valence-corrected chi connectivity index (χ4v) is 2.38. The summed E-state index contributed by atoms with van der Waals surface area (Å²) in [4.78, 5) is 0. The molecule has 100 valence electrons. The normalized spacial score (nSPS) is 19.5. The molecule has 1 fully saturated rings. The van der Waals surface area contributed by atoms with Gasteiger partial charge in [0.1, 0.15) is 0 Å². The van der Waals surface area contributed by atoms with E-state index < -0.39 is 0 Å². The van der Waals surface area contributed by atoms with Crippen LogP contribution in [0.1, 0.15) is 18.4 Å². The van der Waals surface area contributed by atoms with Gasteiger partial charge in [-0.25, -0.2) is 0 Å². The van der Waals surface area contributed by atoms with Crippen molar-refractivity contribution >= 4 is 0 Å². The number of hydrogen-bond acceptors (Lipinski definition) is 3. The van der Waals surface area contributed by atoms with E-state index in [1.807, 2.05) is 6.07 Å². The van der Waals surface area contributed by atoms with Crippen molar-refractivity contribution in [1.82, 2.24) is 15.5 Å². The molecular weight excluding hydrogens is 238 g/mol. The van der Waals surface area contributed by atoms with Crippen LogP contribution in [0.15, 0.2) is 36.5 Å². The van der Waals surface area contributed by atoms with Crippen molar-refractivity contribution in [2.24, 2.45) is 0 Å². The molecule has 1 atom stereocenters. The second kappa shape index (κ2) is 5.99. The minimum Gasteiger partial charge on any atom is -0.380 e. The average Bonchev–Trinajstić information content (AvgIpc) is 3.01. The molecule has 2 heterocycles. The molecule has 0 spiro atoms. The van der Waals surface area contributed by atoms with Crippen LogP contribution in [0.2, 0.25) is 0 Å². The number of ether oxygens (including phenoxy) is 1. The minimum absolute atomic E-state index is 0.501. The largest absolute Gasteiger partial charge is 0.380 e. The highest BCUT2D eigenvalue weighted by Gasteiger charge is 2.12. The Kier molecular flexibility index (Phi) is 3.91. The third-order valence-corrected chi connectivity index (χ3v) is 3.52. The Hall–Kier alpha value is -1.65. The predicted octanol–water partition coefficient (Wildman–Crippen LogP) is 2.35. The molecular formula is C15H19N3O. The number of hydrogen-bond donors (Lipinski definition) is 2. The maximum Gasteiger partial charge on any atom is 0.0650 e. The fraction of sp³-hybridized carbons (Fsp3) is 0.400. The second-order valence-corrected chi connectivity index (χ2v) is 4.96. The maximum absolute atomic E-state index is 5.47. The molecule has 1 aromatic heterocycles. The molecule has 0 saturated carbocycles. The molecule has 4 heteroatoms. The van der Waals surface area contributed by atoms with Crippen molar-refractivity contribution in [2.45, 2.75) is 25.4 Å². The Bertz CT molecular complexity index is 487. The zero-order valence-corrected chi connectivity index (χ0v) is 10.9. The van der Waals surface area contributed by atoms with Crippen LogP contribution >= 0.6 is 0 Å². The van der Waals surface area contributed by atoms with Crippen molar-refractivity contribution < 1.29 is 4.74 Å². The molecule has 2 N–H and O–H groups in total. The highest BCUT2D eigenvalue weighted by molar-refractivity contribution is 5.58. The Morgan fingerprint density at radius 3 is 2.84 bits per heavy atom. The van der Waals surface area contributed by atoms with E-state index in [1.54, 1.807) is 6.20 Å². The maximum atomic E-state index is 5.47. The molecule has 2 aromatic rings. The lowest BCUT2D eigenvalue weighted by atomic mass is 10.1. The number of aromatic nitrogens is 2. The van der Waals surface area contributed by atoms with Crippen molar-refractivity contribution in [3.05, 3.63) is 42.1 Å². The van der Waals surface area contributed by atoms with Crippen molar-refractivity contribution in [3.8, 4) is 11.3 Å². The van der Waals surface area contributed by atoms with Gasteiger partial charge in [-0.05, 0) is 30.0 Å². The average molecular weight is 257 g/mol. The zero-order chi connectivity index (χ0) is 12.9. The van der Waals surface area contributed by atoms with Crippen molar-refractivity contribution in [3.63, 3.8) is 0 Å². The Labute approximate surface area is 113 Å². The molecule has 0 radical (unpaired) electrons. The monoisotopic (exact) mass is 257 g/mol. The molecule has 4 nitrogen and oxygen atoms in total. The van der Waals surface area contributed by atoms with E-state index in [1.165, 1.54) is 17.5 Å². The summed E-state index contributed by atoms with van der Waals surface area (Å²) in [6, 6.07) is 11.1. The molecule has 1 unspecified atom stereocenters. The number of nitrogens with one attached hydrogen (secondary N) is 2. The lowest BCUT2D eigenvalue weighted by Gasteiger charge is -2.23. The van der Waals surface area contributed by atoms with Gasteiger partial charge in [0.25, 0.3) is 0 Å². The second-order valence-electron chi connectivity index (χ2n) is 4.96. The highest BCUT2D eigenvalue weighted by Crippen LogP contribution is 2.16. The molecule has 19 heavy (non-hydrogen) atoms. The van der Waals surface area contributed by atoms with Gasteiger partial charge in [-0.3, -0.25) is 5.10 Å². The first kappa shape index (κ1) is 12.4. The number of nitrogens with zero attached hydrogens (tertiary/aromatic N) is 1. The van der Waals surface area contributed by atoms with Crippen LogP contribution in [0, 0.1) is 0 Å². The number of rotatable bonds is 4. The molecule has 1 aliphatic rings. The third kappa shape index (κ3) is 3.22. The molecule has 0 aliphatic carbocycles. The van der Waals surface area contributed by atoms with Crippen LogP contribution in [-0.4, -0.2) is 29.5 Å². The van der Waals surface area contributed by atoms with Crippen LogP contribution in [0.25, 0.3) is 11.3 Å². The smallest absolute Gasteiger partial charge is 0.0650 e. The lowest BCUT2D eigenvalue weighted by Crippen LogP contribution is -2.36. The molecule has 1 aliphatic heterocycles. The van der Waals surface area contributed by atoms with Gasteiger partial charge in [0.05, 0.1) is 12.3 Å². The van der Waals surface area contributed by atoms with Crippen LogP contribution in [0.3, 0.4) is 0 Å². The summed E-state index contributed by atoms with van der Waals surface area (Å²) in [6.07, 6.45) is 4.15. The van der Waals surface area contributed by atoms with Crippen molar-refractivity contribution in [1.29, 1.82) is 0 Å². The van der Waals surface area contributed by atoms with Gasteiger partial charge in [0.15, 0.2) is 0 Å². The number of benzene rings is 1. The Balaban J connectivity index is 1.57. The van der Waals surface area contributed by atoms with E-state index in [0.29, 0.717) is 6.04 Å². The topological polar surface area (TPSA) is 49.9 Å². The van der Waals surface area contributed by atoms with Crippen LogP contribution in [0.5, 0.6) is 0 Å². The summed E-state index contributed by atoms with van der Waals surface area (Å²) < 4.78 is 5.47. The van der Waals surface area contributed by atoms with E-state index in [-0.39, 0.29) is 0 Å². The number of H-pyrrole nitrogens is 1. The highest BCUT2D eigenvalue weighted by atomic mass is 16.5. The van der Waals surface area contributed by atoms with Gasteiger partial charge in [-0.2, -0.15) is 5.10 Å². The molecule has 3 rings (SSSR count). The van der Waals surface area contributed by atoms with Crippen LogP contribution in [0.4, 0.5) is 0 Å². The van der Waals surface area contributed by atoms with E-state index in [4.69, 9.17) is 4.74 Å². The van der Waals surface area contributed by atoms with E-state index in [0.717, 1.165) is 31.9 Å². The summed E-state index contributed by atoms with van der Waals surface area (Å²) in [5.41, 5.74) is 3.52. The molecule has 1 aromatic carbocycles. The van der Waals surface area contributed by atoms with E-state index in [2.05, 4.69) is 39.8 Å². The summed E-state index contributed by atoms with van der Waals surface area (Å²) in [6.45, 7) is 2.65. The summed E-state index contributed by atoms with van der Waals surface area (Å²) in [7, 11) is 0. The molecule has 1 saturated heterocycles. The van der Waals surface area contributed by atoms with Gasteiger partial charge in [-0.15, -0.1) is 0 Å². The third-order valence-electron chi connectivity index (χ3n) is 3.52. The van der Waals surface area contributed by atoms with Gasteiger partial charge >= 0.3 is 0 Å². The van der Waals surface area contributed by atoms with E-state index >= 15 is 0 Å². The SMILES string of the molecule is c1cc(-c2ccc(CNC3CCCOC3)cc2)[nH]n1. The van der Waals surface area contributed by atoms with Gasteiger partial charge in [-0.1, -0.05) is 24.3 Å². The first-order valence-electron chi connectivity index (χ1n) is 6.81. The lowest BCUT2D eigenvalue weighted by molar-refractivity contribution is 0.0699. The Morgan fingerprint density at radius 1 is 1.26 bits per heavy atom. The van der Waals surface area contributed by atoms with Gasteiger partial charge < -0.3 is 10.1 Å². The summed E-state index contributed by atoms with van der Waals surface area (Å²) in [5.74, 6) is 0. The first-order chi connectivity index (χ1) is 9.42. The molecule has 0 amide bonds. The van der Waals surface area contributed by atoms with E-state index in [9.17, 15) is 0 Å². The van der Waals surface area contributed by atoms with Crippen LogP contribution in [-0.2, 0) is 11.3 Å².